The van der Waals surface area contributed by atoms with Gasteiger partial charge in [-0.25, -0.2) is 9.59 Å². The summed E-state index contributed by atoms with van der Waals surface area (Å²) < 4.78 is 5.35. The highest BCUT2D eigenvalue weighted by Gasteiger charge is 2.43. The smallest absolute Gasteiger partial charge is 0.412 e. The number of hydrogen-bond acceptors (Lipinski definition) is 5. The van der Waals surface area contributed by atoms with E-state index in [9.17, 15) is 14.7 Å². The molecule has 0 radical (unpaired) electrons. The molecule has 132 valence electrons. The molecule has 1 N–H and O–H groups in total. The van der Waals surface area contributed by atoms with E-state index in [1.807, 2.05) is 30.3 Å². The third-order valence-electron chi connectivity index (χ3n) is 4.00. The first-order valence-corrected chi connectivity index (χ1v) is 8.98. The lowest BCUT2D eigenvalue weighted by Gasteiger charge is -2.26. The van der Waals surface area contributed by atoms with Gasteiger partial charge in [0, 0.05) is 5.75 Å². The fraction of sp³-hybridized carbons (Fsp3) is 0.211. The Morgan fingerprint density at radius 1 is 1.23 bits per heavy atom. The largest absolute Gasteiger partial charge is 0.480 e. The van der Waals surface area contributed by atoms with Gasteiger partial charge in [-0.05, 0) is 23.3 Å². The minimum atomic E-state index is -1.08. The molecule has 0 aliphatic carbocycles. The molecule has 0 saturated carbocycles. The van der Waals surface area contributed by atoms with Gasteiger partial charge in [0.05, 0.1) is 11.6 Å². The predicted octanol–water partition coefficient (Wildman–Crippen LogP) is 3.40. The molecule has 1 heterocycles. The van der Waals surface area contributed by atoms with E-state index in [1.165, 1.54) is 16.7 Å². The van der Waals surface area contributed by atoms with Crippen LogP contribution in [0.15, 0.2) is 54.6 Å². The summed E-state index contributed by atoms with van der Waals surface area (Å²) in [4.78, 5) is 25.5. The van der Waals surface area contributed by atoms with Crippen molar-refractivity contribution in [1.82, 2.24) is 4.90 Å². The standard InChI is InChI=1S/C19H16N2O4S/c20-10-14-7-4-8-15(9-14)17-21(16(12-26-17)18(22)23)19(24)25-11-13-5-2-1-3-6-13/h1-9,16-17H,11-12H2,(H,22,23). The van der Waals surface area contributed by atoms with Crippen molar-refractivity contribution in [1.29, 1.82) is 5.26 Å². The lowest BCUT2D eigenvalue weighted by atomic mass is 10.1. The Hall–Kier alpha value is -2.98. The number of rotatable bonds is 4. The molecule has 0 aromatic heterocycles. The molecule has 1 saturated heterocycles. The van der Waals surface area contributed by atoms with Gasteiger partial charge in [0.25, 0.3) is 0 Å². The first-order chi connectivity index (χ1) is 12.6. The lowest BCUT2D eigenvalue weighted by molar-refractivity contribution is -0.141. The summed E-state index contributed by atoms with van der Waals surface area (Å²) in [5.74, 6) is -0.815. The van der Waals surface area contributed by atoms with Crippen molar-refractivity contribution in [2.45, 2.75) is 18.0 Å². The zero-order chi connectivity index (χ0) is 18.5. The highest BCUT2D eigenvalue weighted by molar-refractivity contribution is 7.99. The Balaban J connectivity index is 1.81. The predicted molar refractivity (Wildman–Crippen MR) is 96.2 cm³/mol. The Morgan fingerprint density at radius 3 is 2.69 bits per heavy atom. The summed E-state index contributed by atoms with van der Waals surface area (Å²) in [6.45, 7) is 0.0676. The van der Waals surface area contributed by atoms with Crippen molar-refractivity contribution in [2.75, 3.05) is 5.75 Å². The van der Waals surface area contributed by atoms with Crippen molar-refractivity contribution in [3.05, 3.63) is 71.3 Å². The summed E-state index contributed by atoms with van der Waals surface area (Å²) in [7, 11) is 0. The molecule has 1 amide bonds. The van der Waals surface area contributed by atoms with Gasteiger partial charge in [0.15, 0.2) is 0 Å². The molecular formula is C19H16N2O4S. The fourth-order valence-electron chi connectivity index (χ4n) is 2.73. The van der Waals surface area contributed by atoms with E-state index >= 15 is 0 Å². The van der Waals surface area contributed by atoms with E-state index in [-0.39, 0.29) is 12.4 Å². The third kappa shape index (κ3) is 3.81. The van der Waals surface area contributed by atoms with Crippen LogP contribution in [0.25, 0.3) is 0 Å². The molecular weight excluding hydrogens is 352 g/mol. The Labute approximate surface area is 155 Å². The van der Waals surface area contributed by atoms with Crippen molar-refractivity contribution in [2.24, 2.45) is 0 Å². The van der Waals surface area contributed by atoms with E-state index in [0.29, 0.717) is 11.1 Å². The van der Waals surface area contributed by atoms with Crippen LogP contribution < -0.4 is 0 Å². The maximum atomic E-state index is 12.6. The number of ether oxygens (including phenoxy) is 1. The van der Waals surface area contributed by atoms with Gasteiger partial charge < -0.3 is 9.84 Å². The highest BCUT2D eigenvalue weighted by Crippen LogP contribution is 2.42. The van der Waals surface area contributed by atoms with E-state index in [4.69, 9.17) is 10.00 Å². The zero-order valence-electron chi connectivity index (χ0n) is 13.7. The molecule has 1 aliphatic heterocycles. The molecule has 0 spiro atoms. The summed E-state index contributed by atoms with van der Waals surface area (Å²) in [5, 5.41) is 18.0. The van der Waals surface area contributed by atoms with Crippen LogP contribution in [-0.2, 0) is 16.1 Å². The minimum absolute atomic E-state index is 0.0676. The molecule has 2 aromatic carbocycles. The molecule has 26 heavy (non-hydrogen) atoms. The highest BCUT2D eigenvalue weighted by atomic mass is 32.2. The number of carbonyl (C=O) groups excluding carboxylic acids is 1. The van der Waals surface area contributed by atoms with Gasteiger partial charge in [-0.1, -0.05) is 42.5 Å². The molecule has 1 aliphatic rings. The van der Waals surface area contributed by atoms with Crippen LogP contribution in [0.2, 0.25) is 0 Å². The molecule has 2 aromatic rings. The molecule has 2 unspecified atom stereocenters. The van der Waals surface area contributed by atoms with E-state index in [2.05, 4.69) is 6.07 Å². The quantitative estimate of drug-likeness (QED) is 0.889. The van der Waals surface area contributed by atoms with Crippen LogP contribution in [0.5, 0.6) is 0 Å². The summed E-state index contributed by atoms with van der Waals surface area (Å²) in [6.07, 6.45) is -0.682. The van der Waals surface area contributed by atoms with Gasteiger partial charge in [-0.15, -0.1) is 11.8 Å². The Morgan fingerprint density at radius 2 is 2.00 bits per heavy atom. The maximum Gasteiger partial charge on any atom is 0.412 e. The second kappa shape index (κ2) is 7.93. The molecule has 1 fully saturated rings. The average molecular weight is 368 g/mol. The number of nitrogens with zero attached hydrogens (tertiary/aromatic N) is 2. The number of benzene rings is 2. The second-order valence-electron chi connectivity index (χ2n) is 5.72. The normalized spacial score (nSPS) is 19.0. The first-order valence-electron chi connectivity index (χ1n) is 7.93. The topological polar surface area (TPSA) is 90.6 Å². The average Bonchev–Trinajstić information content (AvgIpc) is 3.12. The molecule has 3 rings (SSSR count). The van der Waals surface area contributed by atoms with E-state index in [0.717, 1.165) is 5.56 Å². The number of thioether (sulfide) groups is 1. The maximum absolute atomic E-state index is 12.6. The fourth-order valence-corrected chi connectivity index (χ4v) is 4.13. The Kier molecular flexibility index (Phi) is 5.44. The third-order valence-corrected chi connectivity index (χ3v) is 5.33. The number of carboxylic acid groups (broad SMARTS) is 1. The van der Waals surface area contributed by atoms with E-state index in [1.54, 1.807) is 24.3 Å². The second-order valence-corrected chi connectivity index (χ2v) is 6.84. The number of amides is 1. The number of nitriles is 1. The van der Waals surface area contributed by atoms with E-state index < -0.39 is 23.5 Å². The number of hydrogen-bond donors (Lipinski definition) is 1. The monoisotopic (exact) mass is 368 g/mol. The van der Waals surface area contributed by atoms with Crippen LogP contribution in [0.3, 0.4) is 0 Å². The van der Waals surface area contributed by atoms with Crippen LogP contribution in [-0.4, -0.2) is 33.9 Å². The minimum Gasteiger partial charge on any atom is -0.480 e. The zero-order valence-corrected chi connectivity index (χ0v) is 14.6. The van der Waals surface area contributed by atoms with Crippen molar-refractivity contribution >= 4 is 23.8 Å². The first kappa shape index (κ1) is 17.8. The van der Waals surface area contributed by atoms with Gasteiger partial charge in [-0.2, -0.15) is 5.26 Å². The van der Waals surface area contributed by atoms with Crippen molar-refractivity contribution in [3.8, 4) is 6.07 Å². The van der Waals surface area contributed by atoms with Gasteiger partial charge in [0.2, 0.25) is 0 Å². The van der Waals surface area contributed by atoms with Crippen LogP contribution >= 0.6 is 11.8 Å². The van der Waals surface area contributed by atoms with Crippen LogP contribution in [0.4, 0.5) is 4.79 Å². The number of aliphatic carboxylic acids is 1. The summed E-state index contributed by atoms with van der Waals surface area (Å²) in [5.41, 5.74) is 1.98. The molecule has 7 heteroatoms. The SMILES string of the molecule is N#Cc1cccc(C2SCC(C(=O)O)N2C(=O)OCc2ccccc2)c1. The number of carboxylic acids is 1. The van der Waals surface area contributed by atoms with Gasteiger partial charge in [-0.3, -0.25) is 4.90 Å². The van der Waals surface area contributed by atoms with Crippen LogP contribution in [0, 0.1) is 11.3 Å². The molecule has 2 atom stereocenters. The summed E-state index contributed by atoms with van der Waals surface area (Å²) >= 11 is 1.34. The molecule has 0 bridgehead atoms. The van der Waals surface area contributed by atoms with Crippen molar-refractivity contribution < 1.29 is 19.4 Å². The number of carbonyl (C=O) groups is 2. The Bertz CT molecular complexity index is 850. The molecule has 6 nitrogen and oxygen atoms in total. The van der Waals surface area contributed by atoms with Gasteiger partial charge >= 0.3 is 12.1 Å². The van der Waals surface area contributed by atoms with Crippen molar-refractivity contribution in [3.63, 3.8) is 0 Å². The van der Waals surface area contributed by atoms with Crippen LogP contribution in [0.1, 0.15) is 22.1 Å². The lowest BCUT2D eigenvalue weighted by Crippen LogP contribution is -2.43. The van der Waals surface area contributed by atoms with Gasteiger partial charge in [0.1, 0.15) is 18.0 Å². The summed E-state index contributed by atoms with van der Waals surface area (Å²) in [6, 6.07) is 17.1.